The van der Waals surface area contributed by atoms with Crippen LogP contribution in [0.4, 0.5) is 0 Å². The van der Waals surface area contributed by atoms with Crippen molar-refractivity contribution in [2.45, 2.75) is 27.0 Å². The summed E-state index contributed by atoms with van der Waals surface area (Å²) in [5.41, 5.74) is 2.91. The van der Waals surface area contributed by atoms with Crippen molar-refractivity contribution in [3.05, 3.63) is 106 Å². The maximum atomic E-state index is 12.8. The van der Waals surface area contributed by atoms with Crippen LogP contribution < -0.4 is 15.5 Å². The largest absolute Gasteiger partial charge is 0.487 e. The summed E-state index contributed by atoms with van der Waals surface area (Å²) in [6.45, 7) is 8.21. The molecule has 2 aromatic heterocycles. The molecule has 3 aromatic rings. The van der Waals surface area contributed by atoms with E-state index in [0.29, 0.717) is 18.0 Å². The summed E-state index contributed by atoms with van der Waals surface area (Å²) >= 11 is 0. The van der Waals surface area contributed by atoms with Gasteiger partial charge in [-0.15, -0.1) is 6.58 Å². The number of carbonyl (C=O) groups is 1. The standard InChI is InChI=1S/C24H25N3O3/c1-4-12-26-24(29)23-21(16-30-20-10-8-17(2)9-11-20)27(18(3)14-22(23)28)15-19-7-5-6-13-25-19/h4-11,13-14H,1,12,15-16H2,2-3H3,(H,26,29). The number of benzene rings is 1. The van der Waals surface area contributed by atoms with E-state index in [1.807, 2.05) is 60.9 Å². The van der Waals surface area contributed by atoms with Crippen molar-refractivity contribution in [1.29, 1.82) is 0 Å². The summed E-state index contributed by atoms with van der Waals surface area (Å²) in [5, 5.41) is 2.70. The van der Waals surface area contributed by atoms with Gasteiger partial charge in [-0.2, -0.15) is 0 Å². The van der Waals surface area contributed by atoms with E-state index in [1.165, 1.54) is 6.07 Å². The Hall–Kier alpha value is -3.67. The number of amides is 1. The molecule has 0 unspecified atom stereocenters. The minimum Gasteiger partial charge on any atom is -0.487 e. The lowest BCUT2D eigenvalue weighted by Crippen LogP contribution is -2.33. The molecule has 0 fully saturated rings. The van der Waals surface area contributed by atoms with Crippen molar-refractivity contribution >= 4 is 5.91 Å². The molecule has 0 aliphatic carbocycles. The Balaban J connectivity index is 2.04. The number of rotatable bonds is 8. The summed E-state index contributed by atoms with van der Waals surface area (Å²) in [6.07, 6.45) is 3.29. The lowest BCUT2D eigenvalue weighted by molar-refractivity contribution is 0.0953. The fraction of sp³-hybridized carbons (Fsp3) is 0.208. The molecular formula is C24H25N3O3. The first kappa shape index (κ1) is 21.0. The molecular weight excluding hydrogens is 378 g/mol. The smallest absolute Gasteiger partial charge is 0.257 e. The highest BCUT2D eigenvalue weighted by atomic mass is 16.5. The van der Waals surface area contributed by atoms with Gasteiger partial charge in [-0.05, 0) is 38.1 Å². The fourth-order valence-corrected chi connectivity index (χ4v) is 3.14. The Morgan fingerprint density at radius 2 is 1.97 bits per heavy atom. The van der Waals surface area contributed by atoms with Crippen molar-refractivity contribution in [2.75, 3.05) is 6.54 Å². The van der Waals surface area contributed by atoms with Gasteiger partial charge >= 0.3 is 0 Å². The highest BCUT2D eigenvalue weighted by Crippen LogP contribution is 2.17. The van der Waals surface area contributed by atoms with Gasteiger partial charge in [0.2, 0.25) is 0 Å². The second kappa shape index (κ2) is 9.69. The van der Waals surface area contributed by atoms with Crippen molar-refractivity contribution in [3.8, 4) is 5.75 Å². The first-order valence-corrected chi connectivity index (χ1v) is 9.71. The number of nitrogens with one attached hydrogen (secondary N) is 1. The molecule has 0 saturated carbocycles. The minimum atomic E-state index is -0.447. The van der Waals surface area contributed by atoms with Crippen LogP contribution in [0.25, 0.3) is 0 Å². The maximum Gasteiger partial charge on any atom is 0.257 e. The molecule has 0 bridgehead atoms. The van der Waals surface area contributed by atoms with Crippen molar-refractivity contribution in [3.63, 3.8) is 0 Å². The quantitative estimate of drug-likeness (QED) is 0.585. The number of hydrogen-bond acceptors (Lipinski definition) is 4. The van der Waals surface area contributed by atoms with Crippen LogP contribution in [0.3, 0.4) is 0 Å². The van der Waals surface area contributed by atoms with Gasteiger partial charge in [-0.25, -0.2) is 0 Å². The zero-order valence-electron chi connectivity index (χ0n) is 17.2. The molecule has 1 amide bonds. The van der Waals surface area contributed by atoms with Crippen LogP contribution in [0, 0.1) is 13.8 Å². The summed E-state index contributed by atoms with van der Waals surface area (Å²) in [4.78, 5) is 29.9. The number of hydrogen-bond donors (Lipinski definition) is 1. The van der Waals surface area contributed by atoms with E-state index in [4.69, 9.17) is 4.74 Å². The number of carbonyl (C=O) groups excluding carboxylic acids is 1. The highest BCUT2D eigenvalue weighted by molar-refractivity contribution is 5.95. The molecule has 0 aliphatic rings. The molecule has 0 aliphatic heterocycles. The third-order valence-electron chi connectivity index (χ3n) is 4.70. The monoisotopic (exact) mass is 403 g/mol. The lowest BCUT2D eigenvalue weighted by atomic mass is 10.1. The first-order chi connectivity index (χ1) is 14.5. The van der Waals surface area contributed by atoms with Gasteiger partial charge in [-0.1, -0.05) is 29.8 Å². The predicted molar refractivity (Wildman–Crippen MR) is 117 cm³/mol. The predicted octanol–water partition coefficient (Wildman–Crippen LogP) is 3.40. The number of aromatic nitrogens is 2. The van der Waals surface area contributed by atoms with Gasteiger partial charge < -0.3 is 14.6 Å². The summed E-state index contributed by atoms with van der Waals surface area (Å²) in [6, 6.07) is 14.8. The van der Waals surface area contributed by atoms with E-state index in [9.17, 15) is 9.59 Å². The Bertz CT molecular complexity index is 1090. The van der Waals surface area contributed by atoms with Gasteiger partial charge in [0, 0.05) is 24.5 Å². The molecule has 0 atom stereocenters. The van der Waals surface area contributed by atoms with E-state index in [-0.39, 0.29) is 24.1 Å². The number of nitrogens with zero attached hydrogens (tertiary/aromatic N) is 2. The van der Waals surface area contributed by atoms with Crippen LogP contribution >= 0.6 is 0 Å². The molecule has 6 heteroatoms. The van der Waals surface area contributed by atoms with E-state index < -0.39 is 5.91 Å². The molecule has 0 spiro atoms. The Labute approximate surface area is 175 Å². The van der Waals surface area contributed by atoms with Gasteiger partial charge in [0.15, 0.2) is 5.43 Å². The normalized spacial score (nSPS) is 10.5. The van der Waals surface area contributed by atoms with Crippen LogP contribution in [0.5, 0.6) is 5.75 Å². The zero-order chi connectivity index (χ0) is 21.5. The molecule has 1 aromatic carbocycles. The van der Waals surface area contributed by atoms with Crippen molar-refractivity contribution in [1.82, 2.24) is 14.9 Å². The second-order valence-electron chi connectivity index (χ2n) is 6.98. The third kappa shape index (κ3) is 5.03. The summed E-state index contributed by atoms with van der Waals surface area (Å²) in [5.74, 6) is 0.216. The van der Waals surface area contributed by atoms with E-state index in [1.54, 1.807) is 12.3 Å². The van der Waals surface area contributed by atoms with Gasteiger partial charge in [0.05, 0.1) is 17.9 Å². The van der Waals surface area contributed by atoms with Crippen LogP contribution in [0.2, 0.25) is 0 Å². The number of ether oxygens (including phenoxy) is 1. The molecule has 3 rings (SSSR count). The third-order valence-corrected chi connectivity index (χ3v) is 4.70. The van der Waals surface area contributed by atoms with Crippen LogP contribution in [-0.4, -0.2) is 22.0 Å². The Morgan fingerprint density at radius 3 is 2.63 bits per heavy atom. The average Bonchev–Trinajstić information content (AvgIpc) is 2.74. The summed E-state index contributed by atoms with van der Waals surface area (Å²) in [7, 11) is 0. The fourth-order valence-electron chi connectivity index (χ4n) is 3.14. The number of aryl methyl sites for hydroxylation is 2. The zero-order valence-corrected chi connectivity index (χ0v) is 17.2. The topological polar surface area (TPSA) is 73.2 Å². The van der Waals surface area contributed by atoms with E-state index >= 15 is 0 Å². The van der Waals surface area contributed by atoms with Gasteiger partial charge in [-0.3, -0.25) is 14.6 Å². The second-order valence-corrected chi connectivity index (χ2v) is 6.98. The van der Waals surface area contributed by atoms with Crippen molar-refractivity contribution in [2.24, 2.45) is 0 Å². The molecule has 154 valence electrons. The summed E-state index contributed by atoms with van der Waals surface area (Å²) < 4.78 is 7.85. The van der Waals surface area contributed by atoms with Gasteiger partial charge in [0.1, 0.15) is 17.9 Å². The van der Waals surface area contributed by atoms with Crippen LogP contribution in [-0.2, 0) is 13.2 Å². The average molecular weight is 403 g/mol. The maximum absolute atomic E-state index is 12.8. The SMILES string of the molecule is C=CCNC(=O)c1c(COc2ccc(C)cc2)n(Cc2ccccn2)c(C)cc1=O. The van der Waals surface area contributed by atoms with Crippen LogP contribution in [0.15, 0.2) is 72.2 Å². The Kier molecular flexibility index (Phi) is 6.80. The highest BCUT2D eigenvalue weighted by Gasteiger charge is 2.21. The van der Waals surface area contributed by atoms with Crippen molar-refractivity contribution < 1.29 is 9.53 Å². The molecule has 6 nitrogen and oxygen atoms in total. The molecule has 0 saturated heterocycles. The van der Waals surface area contributed by atoms with Crippen LogP contribution in [0.1, 0.15) is 33.0 Å². The molecule has 30 heavy (non-hydrogen) atoms. The van der Waals surface area contributed by atoms with E-state index in [0.717, 1.165) is 17.0 Å². The first-order valence-electron chi connectivity index (χ1n) is 9.71. The van der Waals surface area contributed by atoms with Gasteiger partial charge in [0.25, 0.3) is 5.91 Å². The van der Waals surface area contributed by atoms with E-state index in [2.05, 4.69) is 16.9 Å². The molecule has 1 N–H and O–H groups in total. The number of pyridine rings is 2. The Morgan fingerprint density at radius 1 is 1.20 bits per heavy atom. The molecule has 0 radical (unpaired) electrons. The lowest BCUT2D eigenvalue weighted by Gasteiger charge is -2.20. The molecule has 2 heterocycles. The minimum absolute atomic E-state index is 0.0731.